The lowest BCUT2D eigenvalue weighted by atomic mass is 10.3. The average Bonchev–Trinajstić information content (AvgIpc) is 2.58. The van der Waals surface area contributed by atoms with Gasteiger partial charge in [-0.3, -0.25) is 0 Å². The highest BCUT2D eigenvalue weighted by Crippen LogP contribution is 2.20. The number of amidine groups is 1. The van der Waals surface area contributed by atoms with E-state index in [9.17, 15) is 0 Å². The topological polar surface area (TPSA) is 42.3 Å². The molecular weight excluding hydrogens is 192 g/mol. The van der Waals surface area contributed by atoms with Gasteiger partial charge >= 0.3 is 0 Å². The van der Waals surface area contributed by atoms with Crippen LogP contribution in [0, 0.1) is 0 Å². The Morgan fingerprint density at radius 2 is 2.20 bits per heavy atom. The first-order valence-electron chi connectivity index (χ1n) is 5.26. The smallest absolute Gasteiger partial charge is 0.152 e. The van der Waals surface area contributed by atoms with E-state index in [-0.39, 0.29) is 6.61 Å². The summed E-state index contributed by atoms with van der Waals surface area (Å²) in [6, 6.07) is 0. The van der Waals surface area contributed by atoms with Crippen LogP contribution in [0.25, 0.3) is 0 Å². The molecule has 84 valence electrons. The van der Waals surface area contributed by atoms with Crippen LogP contribution < -0.4 is 0 Å². The van der Waals surface area contributed by atoms with Crippen LogP contribution in [0.2, 0.25) is 0 Å². The highest BCUT2D eigenvalue weighted by atomic mass is 16.3. The van der Waals surface area contributed by atoms with Crippen LogP contribution in [0.15, 0.2) is 16.9 Å². The normalized spacial score (nSPS) is 20.3. The van der Waals surface area contributed by atoms with E-state index >= 15 is 0 Å². The molecule has 0 saturated carbocycles. The van der Waals surface area contributed by atoms with Crippen molar-refractivity contribution in [3.05, 3.63) is 11.9 Å². The third kappa shape index (κ3) is 1.92. The van der Waals surface area contributed by atoms with E-state index in [1.807, 2.05) is 7.05 Å². The summed E-state index contributed by atoms with van der Waals surface area (Å²) in [6.45, 7) is 2.75. The molecule has 0 unspecified atom stereocenters. The predicted octanol–water partition coefficient (Wildman–Crippen LogP) is -0.283. The fraction of sp³-hybridized carbons (Fsp3) is 0.700. The summed E-state index contributed by atoms with van der Waals surface area (Å²) in [6.07, 6.45) is 2.95. The van der Waals surface area contributed by atoms with Crippen molar-refractivity contribution in [2.75, 3.05) is 40.6 Å². The van der Waals surface area contributed by atoms with Gasteiger partial charge in [-0.1, -0.05) is 0 Å². The van der Waals surface area contributed by atoms with Crippen molar-refractivity contribution in [1.82, 2.24) is 14.7 Å². The lowest BCUT2D eigenvalue weighted by Crippen LogP contribution is -2.43. The van der Waals surface area contributed by atoms with Gasteiger partial charge in [-0.15, -0.1) is 0 Å². The van der Waals surface area contributed by atoms with Crippen LogP contribution in [0.3, 0.4) is 0 Å². The van der Waals surface area contributed by atoms with Crippen LogP contribution in [0.4, 0.5) is 0 Å². The molecule has 0 radical (unpaired) electrons. The SMILES string of the molecule is CN1CN=C2C1=CN(CCCO)CN2C. The van der Waals surface area contributed by atoms with E-state index in [1.165, 1.54) is 5.70 Å². The molecule has 0 aromatic carbocycles. The summed E-state index contributed by atoms with van der Waals surface area (Å²) < 4.78 is 0. The molecule has 0 saturated heterocycles. The second-order valence-electron chi connectivity index (χ2n) is 4.06. The Morgan fingerprint density at radius 1 is 1.40 bits per heavy atom. The molecule has 15 heavy (non-hydrogen) atoms. The highest BCUT2D eigenvalue weighted by Gasteiger charge is 2.27. The molecule has 0 bridgehead atoms. The zero-order chi connectivity index (χ0) is 10.8. The Hall–Kier alpha value is -1.23. The van der Waals surface area contributed by atoms with Gasteiger partial charge in [-0.25, -0.2) is 4.99 Å². The Bertz CT molecular complexity index is 300. The number of rotatable bonds is 3. The molecule has 0 aromatic heterocycles. The van der Waals surface area contributed by atoms with Gasteiger partial charge < -0.3 is 19.8 Å². The molecule has 0 atom stereocenters. The molecule has 2 heterocycles. The van der Waals surface area contributed by atoms with Gasteiger partial charge in [-0.05, 0) is 6.42 Å². The second kappa shape index (κ2) is 4.10. The number of aliphatic hydroxyl groups is 1. The highest BCUT2D eigenvalue weighted by molar-refractivity contribution is 5.99. The Morgan fingerprint density at radius 3 is 2.93 bits per heavy atom. The summed E-state index contributed by atoms with van der Waals surface area (Å²) in [5.41, 5.74) is 1.18. The first-order valence-corrected chi connectivity index (χ1v) is 5.26. The maximum atomic E-state index is 8.81. The number of likely N-dealkylation sites (N-methyl/N-ethyl adjacent to an activating group) is 2. The minimum absolute atomic E-state index is 0.250. The van der Waals surface area contributed by atoms with E-state index in [0.717, 1.165) is 32.1 Å². The molecule has 2 aliphatic rings. The molecule has 2 aliphatic heterocycles. The van der Waals surface area contributed by atoms with Gasteiger partial charge in [0.1, 0.15) is 6.67 Å². The molecule has 0 spiro atoms. The van der Waals surface area contributed by atoms with Gasteiger partial charge in [0.25, 0.3) is 0 Å². The first kappa shape index (κ1) is 10.3. The standard InChI is InChI=1S/C10H18N4O/c1-12-7-11-10-9(12)6-14(4-3-5-15)8-13(10)2/h6,15H,3-5,7-8H2,1-2H3. The number of fused-ring (bicyclic) bond motifs is 1. The van der Waals surface area contributed by atoms with E-state index < -0.39 is 0 Å². The first-order chi connectivity index (χ1) is 7.22. The maximum Gasteiger partial charge on any atom is 0.152 e. The van der Waals surface area contributed by atoms with Crippen LogP contribution in [-0.4, -0.2) is 66.2 Å². The minimum atomic E-state index is 0.250. The Balaban J connectivity index is 2.10. The summed E-state index contributed by atoms with van der Waals surface area (Å²) >= 11 is 0. The van der Waals surface area contributed by atoms with Gasteiger partial charge in [0, 0.05) is 33.4 Å². The predicted molar refractivity (Wildman–Crippen MR) is 59.2 cm³/mol. The van der Waals surface area contributed by atoms with Gasteiger partial charge in [0.2, 0.25) is 0 Å². The number of hydrogen-bond donors (Lipinski definition) is 1. The van der Waals surface area contributed by atoms with E-state index in [0.29, 0.717) is 0 Å². The van der Waals surface area contributed by atoms with E-state index in [1.54, 1.807) is 0 Å². The van der Waals surface area contributed by atoms with Crippen molar-refractivity contribution in [3.63, 3.8) is 0 Å². The van der Waals surface area contributed by atoms with Crippen LogP contribution in [0.5, 0.6) is 0 Å². The maximum absolute atomic E-state index is 8.81. The monoisotopic (exact) mass is 210 g/mol. The Kier molecular flexibility index (Phi) is 2.81. The van der Waals surface area contributed by atoms with Gasteiger partial charge in [0.15, 0.2) is 5.84 Å². The lowest BCUT2D eigenvalue weighted by molar-refractivity contribution is 0.219. The van der Waals surface area contributed by atoms with E-state index in [4.69, 9.17) is 5.11 Å². The number of hydrogen-bond acceptors (Lipinski definition) is 5. The number of nitrogens with zero attached hydrogens (tertiary/aromatic N) is 4. The summed E-state index contributed by atoms with van der Waals surface area (Å²) in [5.74, 6) is 1.08. The van der Waals surface area contributed by atoms with Crippen molar-refractivity contribution in [2.24, 2.45) is 4.99 Å². The van der Waals surface area contributed by atoms with Gasteiger partial charge in [0.05, 0.1) is 12.4 Å². The number of aliphatic imine (C=N–C) groups is 1. The fourth-order valence-electron chi connectivity index (χ4n) is 1.94. The van der Waals surface area contributed by atoms with Crippen LogP contribution >= 0.6 is 0 Å². The van der Waals surface area contributed by atoms with Crippen molar-refractivity contribution >= 4 is 5.84 Å². The zero-order valence-electron chi connectivity index (χ0n) is 9.35. The van der Waals surface area contributed by atoms with Crippen molar-refractivity contribution in [1.29, 1.82) is 0 Å². The molecular formula is C10H18N4O. The molecule has 5 nitrogen and oxygen atoms in total. The molecule has 0 fully saturated rings. The minimum Gasteiger partial charge on any atom is -0.396 e. The Labute approximate surface area is 90.3 Å². The molecule has 5 heteroatoms. The van der Waals surface area contributed by atoms with Crippen LogP contribution in [0.1, 0.15) is 6.42 Å². The third-order valence-electron chi connectivity index (χ3n) is 2.74. The lowest BCUT2D eigenvalue weighted by Gasteiger charge is -2.34. The molecule has 0 aromatic rings. The summed E-state index contributed by atoms with van der Waals surface area (Å²) in [5, 5.41) is 8.81. The quantitative estimate of drug-likeness (QED) is 0.695. The summed E-state index contributed by atoms with van der Waals surface area (Å²) in [7, 11) is 4.10. The molecule has 0 amide bonds. The molecule has 1 N–H and O–H groups in total. The van der Waals surface area contributed by atoms with Crippen molar-refractivity contribution in [2.45, 2.75) is 6.42 Å². The average molecular weight is 210 g/mol. The molecule has 0 aliphatic carbocycles. The number of aliphatic hydroxyl groups excluding tert-OH is 1. The fourth-order valence-corrected chi connectivity index (χ4v) is 1.94. The third-order valence-corrected chi connectivity index (χ3v) is 2.74. The molecule has 2 rings (SSSR count). The van der Waals surface area contributed by atoms with Crippen molar-refractivity contribution < 1.29 is 5.11 Å². The van der Waals surface area contributed by atoms with Crippen molar-refractivity contribution in [3.8, 4) is 0 Å². The second-order valence-corrected chi connectivity index (χ2v) is 4.06. The summed E-state index contributed by atoms with van der Waals surface area (Å²) in [4.78, 5) is 11.0. The van der Waals surface area contributed by atoms with Crippen LogP contribution in [-0.2, 0) is 0 Å². The van der Waals surface area contributed by atoms with E-state index in [2.05, 4.69) is 32.9 Å². The van der Waals surface area contributed by atoms with Gasteiger partial charge in [-0.2, -0.15) is 0 Å². The zero-order valence-corrected chi connectivity index (χ0v) is 9.35. The largest absolute Gasteiger partial charge is 0.396 e.